The van der Waals surface area contributed by atoms with Crippen LogP contribution in [-0.4, -0.2) is 32.2 Å². The van der Waals surface area contributed by atoms with Crippen molar-refractivity contribution >= 4 is 21.6 Å². The van der Waals surface area contributed by atoms with Crippen LogP contribution in [0, 0.1) is 11.6 Å². The molecule has 8 heteroatoms. The molecule has 1 atom stereocenters. The maximum Gasteiger partial charge on any atom is 0.244 e. The van der Waals surface area contributed by atoms with E-state index in [4.69, 9.17) is 0 Å². The second-order valence-corrected chi connectivity index (χ2v) is 7.93. The number of hydrogen-bond donors (Lipinski definition) is 1. The normalized spacial score (nSPS) is 13.6. The van der Waals surface area contributed by atoms with Gasteiger partial charge in [0, 0.05) is 11.6 Å². The molecule has 0 radical (unpaired) electrons. The third-order valence-electron chi connectivity index (χ3n) is 2.74. The number of hydrogen-bond acceptors (Lipinski definition) is 3. The smallest absolute Gasteiger partial charge is 0.244 e. The first-order valence-corrected chi connectivity index (χ1v) is 8.44. The Morgan fingerprint density at radius 2 is 1.77 bits per heavy atom. The summed E-state index contributed by atoms with van der Waals surface area (Å²) < 4.78 is 51.1. The van der Waals surface area contributed by atoms with E-state index < -0.39 is 39.1 Å². The van der Waals surface area contributed by atoms with Gasteiger partial charge in [-0.2, -0.15) is 0 Å². The molecular formula is C14H20F2N2O3S. The molecule has 0 aromatic heterocycles. The largest absolute Gasteiger partial charge is 0.350 e. The van der Waals surface area contributed by atoms with Crippen LogP contribution >= 0.6 is 0 Å². The zero-order valence-corrected chi connectivity index (χ0v) is 14.0. The van der Waals surface area contributed by atoms with Crippen LogP contribution in [0.5, 0.6) is 0 Å². The quantitative estimate of drug-likeness (QED) is 0.916. The van der Waals surface area contributed by atoms with E-state index in [0.717, 1.165) is 28.8 Å². The van der Waals surface area contributed by atoms with Gasteiger partial charge in [0.05, 0.1) is 11.9 Å². The van der Waals surface area contributed by atoms with Gasteiger partial charge in [-0.1, -0.05) is 0 Å². The number of halogens is 2. The highest BCUT2D eigenvalue weighted by Crippen LogP contribution is 2.23. The highest BCUT2D eigenvalue weighted by Gasteiger charge is 2.31. The van der Waals surface area contributed by atoms with Crippen LogP contribution in [0.2, 0.25) is 0 Å². The number of nitrogens with zero attached hydrogens (tertiary/aromatic N) is 1. The third-order valence-corrected chi connectivity index (χ3v) is 3.99. The molecule has 0 fully saturated rings. The molecule has 0 spiro atoms. The number of anilines is 1. The summed E-state index contributed by atoms with van der Waals surface area (Å²) >= 11 is 0. The molecule has 1 aromatic carbocycles. The summed E-state index contributed by atoms with van der Waals surface area (Å²) in [6.45, 7) is 6.63. The minimum absolute atomic E-state index is 0.113. The first-order chi connectivity index (χ1) is 9.83. The summed E-state index contributed by atoms with van der Waals surface area (Å²) in [7, 11) is -3.86. The lowest BCUT2D eigenvalue weighted by atomic mass is 10.1. The van der Waals surface area contributed by atoms with E-state index in [9.17, 15) is 22.0 Å². The Morgan fingerprint density at radius 1 is 1.23 bits per heavy atom. The Morgan fingerprint density at radius 3 is 2.18 bits per heavy atom. The van der Waals surface area contributed by atoms with Gasteiger partial charge in [-0.05, 0) is 39.8 Å². The molecule has 124 valence electrons. The minimum Gasteiger partial charge on any atom is -0.350 e. The fourth-order valence-electron chi connectivity index (χ4n) is 1.90. The summed E-state index contributed by atoms with van der Waals surface area (Å²) in [5, 5.41) is 2.65. The molecule has 0 unspecified atom stereocenters. The van der Waals surface area contributed by atoms with Crippen molar-refractivity contribution in [3.05, 3.63) is 29.8 Å². The van der Waals surface area contributed by atoms with Crippen LogP contribution < -0.4 is 9.62 Å². The Balaban J connectivity index is 3.25. The highest BCUT2D eigenvalue weighted by molar-refractivity contribution is 7.92. The van der Waals surface area contributed by atoms with Crippen molar-refractivity contribution in [3.63, 3.8) is 0 Å². The maximum atomic E-state index is 13.4. The van der Waals surface area contributed by atoms with Crippen molar-refractivity contribution in [2.24, 2.45) is 0 Å². The van der Waals surface area contributed by atoms with Crippen LogP contribution in [0.4, 0.5) is 14.5 Å². The number of benzene rings is 1. The molecule has 0 bridgehead atoms. The highest BCUT2D eigenvalue weighted by atomic mass is 32.2. The summed E-state index contributed by atoms with van der Waals surface area (Å²) in [4.78, 5) is 12.2. The number of carbonyl (C=O) groups excluding carboxylic acids is 1. The molecule has 22 heavy (non-hydrogen) atoms. The van der Waals surface area contributed by atoms with E-state index in [1.807, 2.05) is 0 Å². The molecular weight excluding hydrogens is 314 g/mol. The van der Waals surface area contributed by atoms with Crippen LogP contribution in [0.15, 0.2) is 18.2 Å². The lowest BCUT2D eigenvalue weighted by Gasteiger charge is -2.31. The number of carbonyl (C=O) groups is 1. The molecule has 0 aliphatic rings. The molecule has 0 saturated carbocycles. The first kappa shape index (κ1) is 18.3. The van der Waals surface area contributed by atoms with Gasteiger partial charge in [-0.15, -0.1) is 0 Å². The van der Waals surface area contributed by atoms with Gasteiger partial charge in [0.25, 0.3) is 0 Å². The number of rotatable bonds is 4. The molecule has 0 aliphatic carbocycles. The second-order valence-electron chi connectivity index (χ2n) is 6.07. The van der Waals surface area contributed by atoms with Crippen molar-refractivity contribution in [2.45, 2.75) is 39.3 Å². The number of sulfonamides is 1. The van der Waals surface area contributed by atoms with Crippen LogP contribution in [0.3, 0.4) is 0 Å². The average molecular weight is 334 g/mol. The predicted molar refractivity (Wildman–Crippen MR) is 81.0 cm³/mol. The molecule has 1 amide bonds. The third kappa shape index (κ3) is 4.66. The van der Waals surface area contributed by atoms with Crippen molar-refractivity contribution in [2.75, 3.05) is 10.6 Å². The van der Waals surface area contributed by atoms with E-state index in [1.54, 1.807) is 20.8 Å². The van der Waals surface area contributed by atoms with Crippen LogP contribution in [-0.2, 0) is 14.8 Å². The van der Waals surface area contributed by atoms with E-state index in [-0.39, 0.29) is 5.69 Å². The summed E-state index contributed by atoms with van der Waals surface area (Å²) in [5.41, 5.74) is -0.666. The average Bonchev–Trinajstić information content (AvgIpc) is 2.30. The number of amides is 1. The van der Waals surface area contributed by atoms with Crippen LogP contribution in [0.25, 0.3) is 0 Å². The first-order valence-electron chi connectivity index (χ1n) is 6.59. The molecule has 0 aliphatic heterocycles. The van der Waals surface area contributed by atoms with E-state index in [0.29, 0.717) is 0 Å². The Kier molecular flexibility index (Phi) is 5.17. The van der Waals surface area contributed by atoms with Gasteiger partial charge >= 0.3 is 0 Å². The molecule has 0 heterocycles. The molecule has 1 N–H and O–H groups in total. The van der Waals surface area contributed by atoms with Gasteiger partial charge in [0.15, 0.2) is 11.6 Å². The van der Waals surface area contributed by atoms with Gasteiger partial charge in [0.2, 0.25) is 15.9 Å². The lowest BCUT2D eigenvalue weighted by Crippen LogP contribution is -2.52. The fraction of sp³-hybridized carbons (Fsp3) is 0.500. The standard InChI is InChI=1S/C14H20F2N2O3S/c1-9(13(19)17-14(2,3)4)18(22(5,20)21)10-6-7-11(15)12(16)8-10/h6-9H,1-5H3,(H,17,19)/t9-/m1/s1. The van der Waals surface area contributed by atoms with E-state index in [2.05, 4.69) is 5.32 Å². The predicted octanol–water partition coefficient (Wildman–Crippen LogP) is 2.03. The Bertz CT molecular complexity index is 669. The van der Waals surface area contributed by atoms with Crippen molar-refractivity contribution in [1.29, 1.82) is 0 Å². The van der Waals surface area contributed by atoms with Crippen LogP contribution in [0.1, 0.15) is 27.7 Å². The molecule has 0 saturated heterocycles. The fourth-order valence-corrected chi connectivity index (χ4v) is 3.07. The monoisotopic (exact) mass is 334 g/mol. The zero-order chi connectivity index (χ0) is 17.3. The Hall–Kier alpha value is -1.70. The summed E-state index contributed by atoms with van der Waals surface area (Å²) in [6.07, 6.45) is 0.898. The lowest BCUT2D eigenvalue weighted by molar-refractivity contribution is -0.123. The SMILES string of the molecule is C[C@H](C(=O)NC(C)(C)C)N(c1ccc(F)c(F)c1)S(C)(=O)=O. The van der Waals surface area contributed by atoms with Crippen molar-refractivity contribution < 1.29 is 22.0 Å². The zero-order valence-electron chi connectivity index (χ0n) is 13.1. The maximum absolute atomic E-state index is 13.4. The van der Waals surface area contributed by atoms with Gasteiger partial charge in [0.1, 0.15) is 6.04 Å². The Labute approximate surface area is 129 Å². The second kappa shape index (κ2) is 6.20. The molecule has 1 aromatic rings. The van der Waals surface area contributed by atoms with E-state index in [1.165, 1.54) is 6.92 Å². The molecule has 5 nitrogen and oxygen atoms in total. The van der Waals surface area contributed by atoms with Crippen molar-refractivity contribution in [3.8, 4) is 0 Å². The van der Waals surface area contributed by atoms with Gasteiger partial charge in [-0.3, -0.25) is 9.10 Å². The van der Waals surface area contributed by atoms with Crippen molar-refractivity contribution in [1.82, 2.24) is 5.32 Å². The molecule has 1 rings (SSSR count). The number of nitrogens with one attached hydrogen (secondary N) is 1. The summed E-state index contributed by atoms with van der Waals surface area (Å²) in [5.74, 6) is -2.82. The van der Waals surface area contributed by atoms with Gasteiger partial charge < -0.3 is 5.32 Å². The summed E-state index contributed by atoms with van der Waals surface area (Å²) in [6, 6.07) is 1.56. The topological polar surface area (TPSA) is 66.5 Å². The van der Waals surface area contributed by atoms with Gasteiger partial charge in [-0.25, -0.2) is 17.2 Å². The minimum atomic E-state index is -3.86. The van der Waals surface area contributed by atoms with E-state index >= 15 is 0 Å².